The van der Waals surface area contributed by atoms with Gasteiger partial charge >= 0.3 is 0 Å². The van der Waals surface area contributed by atoms with Crippen LogP contribution in [0.2, 0.25) is 0 Å². The van der Waals surface area contributed by atoms with E-state index >= 15 is 0 Å². The number of hydrogen-bond acceptors (Lipinski definition) is 6. The van der Waals surface area contributed by atoms with E-state index in [1.54, 1.807) is 7.11 Å². The first kappa shape index (κ1) is 14.4. The summed E-state index contributed by atoms with van der Waals surface area (Å²) in [5.41, 5.74) is -0.492. The summed E-state index contributed by atoms with van der Waals surface area (Å²) in [4.78, 5) is 6.90. The monoisotopic (exact) mass is 268 g/mol. The Kier molecular flexibility index (Phi) is 4.54. The van der Waals surface area contributed by atoms with Crippen molar-refractivity contribution in [3.05, 3.63) is 11.7 Å². The summed E-state index contributed by atoms with van der Waals surface area (Å²) < 4.78 is 10.9. The summed E-state index contributed by atoms with van der Waals surface area (Å²) in [6.45, 7) is 10.2. The first-order valence-electron chi connectivity index (χ1n) is 6.94. The van der Waals surface area contributed by atoms with Gasteiger partial charge in [0.2, 0.25) is 0 Å². The number of nitrogens with one attached hydrogen (secondary N) is 1. The number of hydrogen-bond donors (Lipinski definition) is 1. The summed E-state index contributed by atoms with van der Waals surface area (Å²) in [5.74, 6) is 1.31. The molecule has 1 saturated heterocycles. The third-order valence-corrected chi connectivity index (χ3v) is 4.09. The van der Waals surface area contributed by atoms with Gasteiger partial charge in [0.05, 0.1) is 6.04 Å². The van der Waals surface area contributed by atoms with Gasteiger partial charge < -0.3 is 14.6 Å². The Bertz CT molecular complexity index is 397. The van der Waals surface area contributed by atoms with Gasteiger partial charge in [-0.05, 0) is 20.3 Å². The molecule has 1 fully saturated rings. The second-order valence-electron chi connectivity index (χ2n) is 5.21. The van der Waals surface area contributed by atoms with E-state index < -0.39 is 5.60 Å². The second kappa shape index (κ2) is 5.98. The molecule has 2 heterocycles. The number of aromatic nitrogens is 2. The molecule has 0 amide bonds. The Hall–Kier alpha value is -0.980. The largest absolute Gasteiger partial charge is 0.369 e. The maximum Gasteiger partial charge on any atom is 0.258 e. The van der Waals surface area contributed by atoms with E-state index in [-0.39, 0.29) is 6.04 Å². The van der Waals surface area contributed by atoms with Gasteiger partial charge in [0.25, 0.3) is 5.89 Å². The Balaban J connectivity index is 2.11. The van der Waals surface area contributed by atoms with Gasteiger partial charge in [0.15, 0.2) is 5.82 Å². The van der Waals surface area contributed by atoms with Gasteiger partial charge in [0.1, 0.15) is 5.60 Å². The van der Waals surface area contributed by atoms with Gasteiger partial charge in [-0.3, -0.25) is 4.90 Å². The average Bonchev–Trinajstić information content (AvgIpc) is 2.97. The predicted octanol–water partition coefficient (Wildman–Crippen LogP) is 1.31. The Labute approximate surface area is 114 Å². The van der Waals surface area contributed by atoms with Gasteiger partial charge in [0, 0.05) is 33.3 Å². The number of ether oxygens (including phenoxy) is 1. The molecule has 1 aromatic heterocycles. The van der Waals surface area contributed by atoms with E-state index in [0.717, 1.165) is 38.4 Å². The minimum atomic E-state index is -0.492. The summed E-state index contributed by atoms with van der Waals surface area (Å²) in [6, 6.07) is 0.178. The Morgan fingerprint density at radius 2 is 2.16 bits per heavy atom. The first-order valence-corrected chi connectivity index (χ1v) is 6.94. The summed E-state index contributed by atoms with van der Waals surface area (Å²) in [6.07, 6.45) is 0.799. The van der Waals surface area contributed by atoms with Crippen LogP contribution in [0.5, 0.6) is 0 Å². The van der Waals surface area contributed by atoms with Gasteiger partial charge in [-0.2, -0.15) is 4.98 Å². The molecule has 0 aliphatic carbocycles. The highest BCUT2D eigenvalue weighted by molar-refractivity contribution is 5.00. The quantitative estimate of drug-likeness (QED) is 0.868. The van der Waals surface area contributed by atoms with Gasteiger partial charge in [-0.1, -0.05) is 12.1 Å². The molecule has 6 heteroatoms. The molecule has 0 aromatic carbocycles. The van der Waals surface area contributed by atoms with Crippen molar-refractivity contribution in [3.8, 4) is 0 Å². The fraction of sp³-hybridized carbons (Fsp3) is 0.846. The zero-order valence-corrected chi connectivity index (χ0v) is 12.3. The van der Waals surface area contributed by atoms with E-state index in [4.69, 9.17) is 9.26 Å². The smallest absolute Gasteiger partial charge is 0.258 e. The predicted molar refractivity (Wildman–Crippen MR) is 71.8 cm³/mol. The van der Waals surface area contributed by atoms with Crippen molar-refractivity contribution in [2.75, 3.05) is 33.3 Å². The number of piperazine rings is 1. The molecule has 2 unspecified atom stereocenters. The average molecular weight is 268 g/mol. The number of methoxy groups -OCH3 is 1. The first-order chi connectivity index (χ1) is 9.10. The van der Waals surface area contributed by atoms with Gasteiger partial charge in [-0.15, -0.1) is 0 Å². The highest BCUT2D eigenvalue weighted by Gasteiger charge is 2.32. The molecule has 108 valence electrons. The lowest BCUT2D eigenvalue weighted by molar-refractivity contribution is -0.0272. The fourth-order valence-corrected chi connectivity index (χ4v) is 2.23. The molecule has 1 aliphatic heterocycles. The topological polar surface area (TPSA) is 63.4 Å². The third-order valence-electron chi connectivity index (χ3n) is 4.09. The third kappa shape index (κ3) is 2.96. The molecule has 1 aliphatic rings. The molecule has 0 bridgehead atoms. The molecule has 0 saturated carbocycles. The second-order valence-corrected chi connectivity index (χ2v) is 5.21. The van der Waals surface area contributed by atoms with Crippen molar-refractivity contribution >= 4 is 0 Å². The summed E-state index contributed by atoms with van der Waals surface area (Å²) in [7, 11) is 1.67. The Morgan fingerprint density at radius 1 is 1.47 bits per heavy atom. The van der Waals surface area contributed by atoms with E-state index in [2.05, 4.69) is 27.3 Å². The van der Waals surface area contributed by atoms with Crippen LogP contribution in [0.1, 0.15) is 44.9 Å². The van der Waals surface area contributed by atoms with Crippen molar-refractivity contribution in [1.29, 1.82) is 0 Å². The van der Waals surface area contributed by atoms with Crippen LogP contribution in [0, 0.1) is 0 Å². The molecule has 1 aromatic rings. The van der Waals surface area contributed by atoms with Crippen molar-refractivity contribution in [1.82, 2.24) is 20.4 Å². The SMILES string of the molecule is CCC(C)(OC)c1nc(C(C)N2CCNCC2)no1. The van der Waals surface area contributed by atoms with E-state index in [1.165, 1.54) is 0 Å². The lowest BCUT2D eigenvalue weighted by atomic mass is 10.0. The summed E-state index contributed by atoms with van der Waals surface area (Å²) >= 11 is 0. The van der Waals surface area contributed by atoms with Crippen LogP contribution in [-0.2, 0) is 10.3 Å². The van der Waals surface area contributed by atoms with Crippen molar-refractivity contribution < 1.29 is 9.26 Å². The Morgan fingerprint density at radius 3 is 2.74 bits per heavy atom. The van der Waals surface area contributed by atoms with E-state index in [1.807, 2.05) is 13.8 Å². The maximum absolute atomic E-state index is 5.49. The lowest BCUT2D eigenvalue weighted by Gasteiger charge is -2.30. The highest BCUT2D eigenvalue weighted by Crippen LogP contribution is 2.28. The molecule has 0 spiro atoms. The molecule has 1 N–H and O–H groups in total. The van der Waals surface area contributed by atoms with E-state index in [0.29, 0.717) is 5.89 Å². The maximum atomic E-state index is 5.49. The van der Waals surface area contributed by atoms with Crippen LogP contribution in [0.25, 0.3) is 0 Å². The van der Waals surface area contributed by atoms with Crippen LogP contribution < -0.4 is 5.32 Å². The molecule has 2 atom stereocenters. The number of nitrogens with zero attached hydrogens (tertiary/aromatic N) is 3. The van der Waals surface area contributed by atoms with Crippen LogP contribution in [0.3, 0.4) is 0 Å². The van der Waals surface area contributed by atoms with Crippen molar-refractivity contribution in [2.24, 2.45) is 0 Å². The minimum Gasteiger partial charge on any atom is -0.369 e. The lowest BCUT2D eigenvalue weighted by Crippen LogP contribution is -2.44. The zero-order valence-electron chi connectivity index (χ0n) is 12.3. The van der Waals surface area contributed by atoms with E-state index in [9.17, 15) is 0 Å². The normalized spacial score (nSPS) is 22.1. The standard InChI is InChI=1S/C13H24N4O2/c1-5-13(3,18-4)12-15-11(16-19-12)10(2)17-8-6-14-7-9-17/h10,14H,5-9H2,1-4H3. The number of rotatable bonds is 5. The molecule has 19 heavy (non-hydrogen) atoms. The van der Waals surface area contributed by atoms with Crippen LogP contribution in [-0.4, -0.2) is 48.3 Å². The van der Waals surface area contributed by atoms with Crippen molar-refractivity contribution in [2.45, 2.75) is 38.8 Å². The fourth-order valence-electron chi connectivity index (χ4n) is 2.23. The molecule has 0 radical (unpaired) electrons. The van der Waals surface area contributed by atoms with Crippen molar-refractivity contribution in [3.63, 3.8) is 0 Å². The van der Waals surface area contributed by atoms with Gasteiger partial charge in [-0.25, -0.2) is 0 Å². The molecular formula is C13H24N4O2. The van der Waals surface area contributed by atoms with Crippen LogP contribution >= 0.6 is 0 Å². The van der Waals surface area contributed by atoms with Crippen LogP contribution in [0.4, 0.5) is 0 Å². The molecule has 6 nitrogen and oxygen atoms in total. The minimum absolute atomic E-state index is 0.178. The zero-order chi connectivity index (χ0) is 13.9. The van der Waals surface area contributed by atoms with Crippen LogP contribution in [0.15, 0.2) is 4.52 Å². The summed E-state index contributed by atoms with van der Waals surface area (Å²) in [5, 5.41) is 7.47. The highest BCUT2D eigenvalue weighted by atomic mass is 16.5. The molecular weight excluding hydrogens is 244 g/mol. The molecule has 2 rings (SSSR count).